The van der Waals surface area contributed by atoms with E-state index in [9.17, 15) is 0 Å². The fraction of sp³-hybridized carbons (Fsp3) is 0.333. The van der Waals surface area contributed by atoms with Crippen LogP contribution in [0.5, 0.6) is 0 Å². The highest BCUT2D eigenvalue weighted by molar-refractivity contribution is 6.33. The zero-order valence-electron chi connectivity index (χ0n) is 13.3. The van der Waals surface area contributed by atoms with Crippen molar-refractivity contribution < 1.29 is 4.74 Å². The Balaban J connectivity index is 1.71. The molecule has 1 aromatic carbocycles. The predicted octanol–water partition coefficient (Wildman–Crippen LogP) is 3.76. The summed E-state index contributed by atoms with van der Waals surface area (Å²) in [7, 11) is 0. The molecule has 2 N–H and O–H groups in total. The third-order valence-electron chi connectivity index (χ3n) is 4.60. The Kier molecular flexibility index (Phi) is 4.12. The Morgan fingerprint density at radius 2 is 2.04 bits per heavy atom. The minimum atomic E-state index is 0.463. The van der Waals surface area contributed by atoms with Crippen molar-refractivity contribution in [3.8, 4) is 11.1 Å². The van der Waals surface area contributed by atoms with Crippen molar-refractivity contribution in [3.05, 3.63) is 41.8 Å². The lowest BCUT2D eigenvalue weighted by Gasteiger charge is -2.22. The van der Waals surface area contributed by atoms with E-state index in [4.69, 9.17) is 22.1 Å². The van der Waals surface area contributed by atoms with Crippen LogP contribution in [-0.4, -0.2) is 27.7 Å². The number of nitrogens with zero attached hydrogens (tertiary/aromatic N) is 3. The van der Waals surface area contributed by atoms with Gasteiger partial charge in [0.15, 0.2) is 0 Å². The largest absolute Gasteiger partial charge is 0.384 e. The molecule has 6 heteroatoms. The molecule has 1 aliphatic heterocycles. The van der Waals surface area contributed by atoms with Gasteiger partial charge in [-0.3, -0.25) is 0 Å². The average Bonchev–Trinajstić information content (AvgIpc) is 3.00. The Morgan fingerprint density at radius 3 is 2.88 bits per heavy atom. The predicted molar refractivity (Wildman–Crippen MR) is 95.9 cm³/mol. The van der Waals surface area contributed by atoms with Crippen molar-refractivity contribution in [2.75, 3.05) is 18.9 Å². The van der Waals surface area contributed by atoms with Crippen LogP contribution >= 0.6 is 11.6 Å². The molecule has 0 amide bonds. The van der Waals surface area contributed by atoms with Crippen molar-refractivity contribution in [1.29, 1.82) is 0 Å². The number of rotatable bonds is 3. The Hall–Kier alpha value is -2.11. The van der Waals surface area contributed by atoms with E-state index in [-0.39, 0.29) is 0 Å². The minimum Gasteiger partial charge on any atom is -0.384 e. The van der Waals surface area contributed by atoms with Gasteiger partial charge in [0.25, 0.3) is 0 Å². The molecule has 0 spiro atoms. The number of halogens is 1. The van der Waals surface area contributed by atoms with Gasteiger partial charge in [0.1, 0.15) is 5.82 Å². The summed E-state index contributed by atoms with van der Waals surface area (Å²) in [4.78, 5) is 8.55. The van der Waals surface area contributed by atoms with Gasteiger partial charge in [0, 0.05) is 31.5 Å². The van der Waals surface area contributed by atoms with Crippen LogP contribution in [0, 0.1) is 5.92 Å². The van der Waals surface area contributed by atoms with Crippen molar-refractivity contribution in [2.45, 2.75) is 19.4 Å². The van der Waals surface area contributed by atoms with Crippen LogP contribution in [0.15, 0.2) is 36.8 Å². The van der Waals surface area contributed by atoms with Crippen LogP contribution in [0.3, 0.4) is 0 Å². The van der Waals surface area contributed by atoms with Gasteiger partial charge in [0.2, 0.25) is 0 Å². The molecule has 124 valence electrons. The summed E-state index contributed by atoms with van der Waals surface area (Å²) in [5.41, 5.74) is 9.83. The van der Waals surface area contributed by atoms with Gasteiger partial charge >= 0.3 is 0 Å². The molecule has 3 aromatic rings. The van der Waals surface area contributed by atoms with E-state index in [1.165, 1.54) is 0 Å². The van der Waals surface area contributed by atoms with E-state index >= 15 is 0 Å². The first-order valence-corrected chi connectivity index (χ1v) is 8.52. The van der Waals surface area contributed by atoms with E-state index in [0.717, 1.165) is 54.8 Å². The summed E-state index contributed by atoms with van der Waals surface area (Å²) in [5.74, 6) is 1.10. The monoisotopic (exact) mass is 342 g/mol. The van der Waals surface area contributed by atoms with Gasteiger partial charge in [-0.1, -0.05) is 17.7 Å². The van der Waals surface area contributed by atoms with Gasteiger partial charge in [-0.2, -0.15) is 0 Å². The fourth-order valence-corrected chi connectivity index (χ4v) is 3.47. The average molecular weight is 343 g/mol. The molecule has 1 fully saturated rings. The number of hydrogen-bond donors (Lipinski definition) is 1. The Labute approximate surface area is 145 Å². The number of benzene rings is 1. The number of anilines is 1. The summed E-state index contributed by atoms with van der Waals surface area (Å²) in [5, 5.41) is 0.596. The highest BCUT2D eigenvalue weighted by atomic mass is 35.5. The lowest BCUT2D eigenvalue weighted by molar-refractivity contribution is 0.0616. The van der Waals surface area contributed by atoms with Crippen LogP contribution in [0.4, 0.5) is 5.82 Å². The number of hydrogen-bond acceptors (Lipinski definition) is 4. The van der Waals surface area contributed by atoms with Crippen LogP contribution in [0.2, 0.25) is 5.02 Å². The summed E-state index contributed by atoms with van der Waals surface area (Å²) in [6.07, 6.45) is 5.72. The summed E-state index contributed by atoms with van der Waals surface area (Å²) in [6.45, 7) is 2.68. The van der Waals surface area contributed by atoms with Crippen molar-refractivity contribution in [3.63, 3.8) is 0 Å². The first-order chi connectivity index (χ1) is 11.7. The van der Waals surface area contributed by atoms with Crippen LogP contribution in [0.25, 0.3) is 22.2 Å². The molecule has 2 aromatic heterocycles. The zero-order valence-corrected chi connectivity index (χ0v) is 14.0. The molecule has 0 radical (unpaired) electrons. The van der Waals surface area contributed by atoms with Gasteiger partial charge in [-0.15, -0.1) is 0 Å². The third kappa shape index (κ3) is 2.97. The van der Waals surface area contributed by atoms with E-state index in [1.807, 2.05) is 24.5 Å². The smallest absolute Gasteiger partial charge is 0.124 e. The maximum atomic E-state index is 6.30. The lowest BCUT2D eigenvalue weighted by atomic mass is 10.00. The highest BCUT2D eigenvalue weighted by Crippen LogP contribution is 2.31. The number of nitrogen functional groups attached to an aromatic ring is 1. The van der Waals surface area contributed by atoms with E-state index < -0.39 is 0 Å². The molecular weight excluding hydrogens is 324 g/mol. The first-order valence-electron chi connectivity index (χ1n) is 8.15. The normalized spacial score (nSPS) is 15.9. The summed E-state index contributed by atoms with van der Waals surface area (Å²) < 4.78 is 7.68. The Bertz CT molecular complexity index is 871. The molecule has 1 aliphatic rings. The first kappa shape index (κ1) is 15.4. The van der Waals surface area contributed by atoms with Crippen LogP contribution < -0.4 is 5.73 Å². The number of nitrogens with two attached hydrogens (primary N) is 1. The fourth-order valence-electron chi connectivity index (χ4n) is 3.25. The summed E-state index contributed by atoms with van der Waals surface area (Å²) in [6, 6.07) is 7.98. The number of aromatic nitrogens is 3. The van der Waals surface area contributed by atoms with Crippen molar-refractivity contribution >= 4 is 28.5 Å². The molecule has 5 nitrogen and oxygen atoms in total. The molecular formula is C18H19ClN4O. The summed E-state index contributed by atoms with van der Waals surface area (Å²) >= 11 is 6.30. The number of ether oxygens (including phenoxy) is 1. The standard InChI is InChI=1S/C18H19ClN4O/c19-15-9-21-18(20)8-14(15)13-1-2-16-17(7-13)23(11-22-16)10-12-3-5-24-6-4-12/h1-2,7-9,11-12H,3-6,10H2,(H2,20,21). The quantitative estimate of drug-likeness (QED) is 0.787. The number of pyridine rings is 1. The molecule has 0 bridgehead atoms. The Morgan fingerprint density at radius 1 is 1.21 bits per heavy atom. The van der Waals surface area contributed by atoms with Crippen LogP contribution in [-0.2, 0) is 11.3 Å². The molecule has 24 heavy (non-hydrogen) atoms. The highest BCUT2D eigenvalue weighted by Gasteiger charge is 2.16. The topological polar surface area (TPSA) is 66.0 Å². The molecule has 0 saturated carbocycles. The zero-order chi connectivity index (χ0) is 16.5. The van der Waals surface area contributed by atoms with Gasteiger partial charge in [-0.25, -0.2) is 9.97 Å². The van der Waals surface area contributed by atoms with E-state index in [1.54, 1.807) is 6.20 Å². The SMILES string of the molecule is Nc1cc(-c2ccc3ncn(CC4CCOCC4)c3c2)c(Cl)cn1. The molecule has 4 rings (SSSR count). The lowest BCUT2D eigenvalue weighted by Crippen LogP contribution is -2.20. The van der Waals surface area contributed by atoms with Gasteiger partial charge < -0.3 is 15.0 Å². The number of imidazole rings is 1. The molecule has 1 saturated heterocycles. The second-order valence-corrected chi connectivity index (χ2v) is 6.65. The van der Waals surface area contributed by atoms with E-state index in [2.05, 4.69) is 20.6 Å². The van der Waals surface area contributed by atoms with Crippen LogP contribution in [0.1, 0.15) is 12.8 Å². The van der Waals surface area contributed by atoms with E-state index in [0.29, 0.717) is 16.8 Å². The molecule has 0 aliphatic carbocycles. The number of fused-ring (bicyclic) bond motifs is 1. The molecule has 0 unspecified atom stereocenters. The third-order valence-corrected chi connectivity index (χ3v) is 4.91. The molecule has 3 heterocycles. The molecule has 0 atom stereocenters. The maximum Gasteiger partial charge on any atom is 0.124 e. The maximum absolute atomic E-state index is 6.30. The van der Waals surface area contributed by atoms with Crippen molar-refractivity contribution in [2.24, 2.45) is 5.92 Å². The van der Waals surface area contributed by atoms with Gasteiger partial charge in [-0.05, 0) is 42.5 Å². The second-order valence-electron chi connectivity index (χ2n) is 6.25. The van der Waals surface area contributed by atoms with Crippen molar-refractivity contribution in [1.82, 2.24) is 14.5 Å². The minimum absolute atomic E-state index is 0.463. The van der Waals surface area contributed by atoms with Gasteiger partial charge in [0.05, 0.1) is 22.4 Å². The second kappa shape index (κ2) is 6.42.